The highest BCUT2D eigenvalue weighted by Crippen LogP contribution is 2.14. The van der Waals surface area contributed by atoms with Gasteiger partial charge in [0.2, 0.25) is 0 Å². The minimum atomic E-state index is -0.232. The molecule has 0 atom stereocenters. The van der Waals surface area contributed by atoms with Gasteiger partial charge in [-0.1, -0.05) is 42.5 Å². The van der Waals surface area contributed by atoms with Crippen LogP contribution in [-0.2, 0) is 5.75 Å². The monoisotopic (exact) mass is 260 g/mol. The van der Waals surface area contributed by atoms with E-state index >= 15 is 0 Å². The van der Waals surface area contributed by atoms with Crippen LogP contribution >= 0.6 is 11.8 Å². The van der Waals surface area contributed by atoms with Crippen LogP contribution in [-0.4, -0.2) is 11.5 Å². The molecular formula is C15H13FOS. The Kier molecular flexibility index (Phi) is 4.53. The summed E-state index contributed by atoms with van der Waals surface area (Å²) < 4.78 is 12.7. The number of Topliss-reactive ketones (excluding diaryl/α,β-unsaturated/α-hetero) is 1. The van der Waals surface area contributed by atoms with Crippen LogP contribution in [0.25, 0.3) is 0 Å². The minimum Gasteiger partial charge on any atom is -0.293 e. The maximum Gasteiger partial charge on any atom is 0.172 e. The molecule has 2 rings (SSSR count). The SMILES string of the molecule is O=C(CSCc1ccc(F)cc1)c1ccccc1. The molecule has 0 saturated carbocycles. The van der Waals surface area contributed by atoms with E-state index < -0.39 is 0 Å². The van der Waals surface area contributed by atoms with Gasteiger partial charge >= 0.3 is 0 Å². The summed E-state index contributed by atoms with van der Waals surface area (Å²) in [6.45, 7) is 0. The van der Waals surface area contributed by atoms with Gasteiger partial charge in [0.25, 0.3) is 0 Å². The zero-order valence-electron chi connectivity index (χ0n) is 9.80. The van der Waals surface area contributed by atoms with Crippen molar-refractivity contribution in [2.24, 2.45) is 0 Å². The van der Waals surface area contributed by atoms with Crippen molar-refractivity contribution in [3.63, 3.8) is 0 Å². The topological polar surface area (TPSA) is 17.1 Å². The molecule has 0 aliphatic heterocycles. The van der Waals surface area contributed by atoms with E-state index in [1.165, 1.54) is 12.1 Å². The Morgan fingerprint density at radius 1 is 1.00 bits per heavy atom. The van der Waals surface area contributed by atoms with Gasteiger partial charge in [0, 0.05) is 11.3 Å². The van der Waals surface area contributed by atoms with Crippen LogP contribution in [0.4, 0.5) is 4.39 Å². The lowest BCUT2D eigenvalue weighted by atomic mass is 10.2. The van der Waals surface area contributed by atoms with Gasteiger partial charge < -0.3 is 0 Å². The highest BCUT2D eigenvalue weighted by atomic mass is 32.2. The lowest BCUT2D eigenvalue weighted by Gasteiger charge is -2.02. The van der Waals surface area contributed by atoms with Crippen molar-refractivity contribution in [2.45, 2.75) is 5.75 Å². The quantitative estimate of drug-likeness (QED) is 0.757. The van der Waals surface area contributed by atoms with Crippen molar-refractivity contribution in [1.29, 1.82) is 0 Å². The molecule has 0 aliphatic rings. The van der Waals surface area contributed by atoms with E-state index in [1.807, 2.05) is 30.3 Å². The lowest BCUT2D eigenvalue weighted by Crippen LogP contribution is -2.02. The summed E-state index contributed by atoms with van der Waals surface area (Å²) in [4.78, 5) is 11.8. The zero-order chi connectivity index (χ0) is 12.8. The van der Waals surface area contributed by atoms with Crippen LogP contribution in [0.15, 0.2) is 54.6 Å². The molecule has 18 heavy (non-hydrogen) atoms. The second kappa shape index (κ2) is 6.36. The summed E-state index contributed by atoms with van der Waals surface area (Å²) in [6, 6.07) is 15.6. The van der Waals surface area contributed by atoms with Gasteiger partial charge in [-0.15, -0.1) is 11.8 Å². The molecule has 0 bridgehead atoms. The molecule has 3 heteroatoms. The number of carbonyl (C=O) groups is 1. The number of benzene rings is 2. The molecule has 2 aromatic rings. The van der Waals surface area contributed by atoms with Crippen LogP contribution < -0.4 is 0 Å². The molecule has 1 nitrogen and oxygen atoms in total. The summed E-state index contributed by atoms with van der Waals surface area (Å²) in [6.07, 6.45) is 0. The second-order valence-corrected chi connectivity index (χ2v) is 4.89. The van der Waals surface area contributed by atoms with Gasteiger partial charge in [0.1, 0.15) is 5.82 Å². The fraction of sp³-hybridized carbons (Fsp3) is 0.133. The van der Waals surface area contributed by atoms with E-state index in [0.29, 0.717) is 5.75 Å². The average molecular weight is 260 g/mol. The predicted molar refractivity (Wildman–Crippen MR) is 73.3 cm³/mol. The first-order valence-corrected chi connectivity index (χ1v) is 6.81. The van der Waals surface area contributed by atoms with E-state index in [4.69, 9.17) is 0 Å². The first-order chi connectivity index (χ1) is 8.75. The van der Waals surface area contributed by atoms with Gasteiger partial charge in [-0.05, 0) is 17.7 Å². The summed E-state index contributed by atoms with van der Waals surface area (Å²) in [5.74, 6) is 1.06. The summed E-state index contributed by atoms with van der Waals surface area (Å²) in [5.41, 5.74) is 1.77. The lowest BCUT2D eigenvalue weighted by molar-refractivity contribution is 0.102. The Labute approximate surface area is 110 Å². The average Bonchev–Trinajstić information content (AvgIpc) is 2.42. The highest BCUT2D eigenvalue weighted by molar-refractivity contribution is 7.99. The Hall–Kier alpha value is -1.61. The van der Waals surface area contributed by atoms with Gasteiger partial charge in [-0.3, -0.25) is 4.79 Å². The zero-order valence-corrected chi connectivity index (χ0v) is 10.6. The Bertz CT molecular complexity index is 508. The van der Waals surface area contributed by atoms with Crippen molar-refractivity contribution in [3.8, 4) is 0 Å². The van der Waals surface area contributed by atoms with Crippen molar-refractivity contribution >= 4 is 17.5 Å². The normalized spacial score (nSPS) is 10.3. The Morgan fingerprint density at radius 2 is 1.67 bits per heavy atom. The van der Waals surface area contributed by atoms with E-state index in [2.05, 4.69) is 0 Å². The van der Waals surface area contributed by atoms with Gasteiger partial charge in [0.15, 0.2) is 5.78 Å². The molecule has 0 spiro atoms. The third-order valence-electron chi connectivity index (χ3n) is 2.51. The van der Waals surface area contributed by atoms with E-state index in [1.54, 1.807) is 23.9 Å². The molecule has 0 heterocycles. The molecule has 0 fully saturated rings. The number of thioether (sulfide) groups is 1. The van der Waals surface area contributed by atoms with Crippen LogP contribution in [0.1, 0.15) is 15.9 Å². The molecule has 0 N–H and O–H groups in total. The molecule has 0 amide bonds. The predicted octanol–water partition coefficient (Wildman–Crippen LogP) is 3.94. The van der Waals surface area contributed by atoms with E-state index in [-0.39, 0.29) is 11.6 Å². The fourth-order valence-corrected chi connectivity index (χ4v) is 2.43. The smallest absolute Gasteiger partial charge is 0.172 e. The van der Waals surface area contributed by atoms with Crippen LogP contribution in [0.2, 0.25) is 0 Å². The largest absolute Gasteiger partial charge is 0.293 e. The van der Waals surface area contributed by atoms with Crippen molar-refractivity contribution in [2.75, 3.05) is 5.75 Å². The van der Waals surface area contributed by atoms with E-state index in [0.717, 1.165) is 16.9 Å². The maximum atomic E-state index is 12.7. The molecule has 0 saturated heterocycles. The first kappa shape index (κ1) is 12.8. The number of carbonyl (C=O) groups excluding carboxylic acids is 1. The molecule has 0 aliphatic carbocycles. The molecule has 0 aromatic heterocycles. The number of hydrogen-bond donors (Lipinski definition) is 0. The van der Waals surface area contributed by atoms with Crippen molar-refractivity contribution < 1.29 is 9.18 Å². The van der Waals surface area contributed by atoms with Gasteiger partial charge in [-0.2, -0.15) is 0 Å². The second-order valence-electron chi connectivity index (χ2n) is 3.91. The molecule has 92 valence electrons. The summed E-state index contributed by atoms with van der Waals surface area (Å²) in [7, 11) is 0. The maximum absolute atomic E-state index is 12.7. The molecule has 2 aromatic carbocycles. The molecule has 0 unspecified atom stereocenters. The van der Waals surface area contributed by atoms with Gasteiger partial charge in [0.05, 0.1) is 5.75 Å². The fourth-order valence-electron chi connectivity index (χ4n) is 1.55. The summed E-state index contributed by atoms with van der Waals surface area (Å²) in [5, 5.41) is 0. The van der Waals surface area contributed by atoms with Crippen LogP contribution in [0, 0.1) is 5.82 Å². The van der Waals surface area contributed by atoms with E-state index in [9.17, 15) is 9.18 Å². The molecular weight excluding hydrogens is 247 g/mol. The number of halogens is 1. The Balaban J connectivity index is 1.82. The van der Waals surface area contributed by atoms with Crippen molar-refractivity contribution in [3.05, 3.63) is 71.5 Å². The summed E-state index contributed by atoms with van der Waals surface area (Å²) >= 11 is 1.54. The van der Waals surface area contributed by atoms with Crippen LogP contribution in [0.5, 0.6) is 0 Å². The number of ketones is 1. The Morgan fingerprint density at radius 3 is 2.33 bits per heavy atom. The first-order valence-electron chi connectivity index (χ1n) is 5.66. The number of rotatable bonds is 5. The minimum absolute atomic E-state index is 0.128. The van der Waals surface area contributed by atoms with Crippen LogP contribution in [0.3, 0.4) is 0 Å². The highest BCUT2D eigenvalue weighted by Gasteiger charge is 2.04. The third-order valence-corrected chi connectivity index (χ3v) is 3.51. The van der Waals surface area contributed by atoms with Crippen molar-refractivity contribution in [1.82, 2.24) is 0 Å². The standard InChI is InChI=1S/C15H13FOS/c16-14-8-6-12(7-9-14)10-18-11-15(17)13-4-2-1-3-5-13/h1-9H,10-11H2. The molecule has 0 radical (unpaired) electrons. The number of hydrogen-bond acceptors (Lipinski definition) is 2. The third kappa shape index (κ3) is 3.70. The van der Waals surface area contributed by atoms with Gasteiger partial charge in [-0.25, -0.2) is 4.39 Å².